The van der Waals surface area contributed by atoms with Crippen LogP contribution in [0, 0.1) is 5.92 Å². The highest BCUT2D eigenvalue weighted by Crippen LogP contribution is 2.21. The molecule has 0 aliphatic carbocycles. The number of hydrogen-bond acceptors (Lipinski definition) is 3. The maximum atomic E-state index is 12.8. The molecule has 1 aromatic carbocycles. The van der Waals surface area contributed by atoms with Crippen molar-refractivity contribution in [2.24, 2.45) is 5.92 Å². The first-order valence-electron chi connectivity index (χ1n) is 8.13. The van der Waals surface area contributed by atoms with Crippen LogP contribution in [0.15, 0.2) is 36.5 Å². The molecule has 1 aromatic heterocycles. The lowest BCUT2D eigenvalue weighted by Gasteiger charge is -2.32. The number of likely N-dealkylation sites (tertiary alicyclic amines) is 1. The molecule has 0 unspecified atom stereocenters. The molecule has 2 heterocycles. The van der Waals surface area contributed by atoms with Crippen molar-refractivity contribution in [3.8, 4) is 0 Å². The van der Waals surface area contributed by atoms with Gasteiger partial charge in [-0.2, -0.15) is 0 Å². The number of carbonyl (C=O) groups excluding carboxylic acids is 1. The van der Waals surface area contributed by atoms with Crippen LogP contribution >= 0.6 is 0 Å². The first-order valence-corrected chi connectivity index (χ1v) is 8.13. The molecule has 116 valence electrons. The number of nitrogens with zero attached hydrogens (tertiary/aromatic N) is 2. The first kappa shape index (κ1) is 15.0. The predicted molar refractivity (Wildman–Crippen MR) is 88.9 cm³/mol. The summed E-state index contributed by atoms with van der Waals surface area (Å²) in [5, 5.41) is 5.42. The molecule has 1 aliphatic rings. The van der Waals surface area contributed by atoms with Crippen LogP contribution in [0.25, 0.3) is 10.8 Å². The number of piperidine rings is 1. The van der Waals surface area contributed by atoms with Gasteiger partial charge in [-0.15, -0.1) is 0 Å². The molecule has 0 spiro atoms. The van der Waals surface area contributed by atoms with Gasteiger partial charge in [0.1, 0.15) is 5.69 Å². The zero-order chi connectivity index (χ0) is 15.4. The fourth-order valence-electron chi connectivity index (χ4n) is 3.13. The summed E-state index contributed by atoms with van der Waals surface area (Å²) in [6.07, 6.45) is 3.88. The van der Waals surface area contributed by atoms with E-state index in [0.29, 0.717) is 11.6 Å². The minimum absolute atomic E-state index is 0.0682. The molecule has 4 nitrogen and oxygen atoms in total. The van der Waals surface area contributed by atoms with E-state index in [1.807, 2.05) is 35.2 Å². The molecule has 0 radical (unpaired) electrons. The summed E-state index contributed by atoms with van der Waals surface area (Å²) >= 11 is 0. The second-order valence-corrected chi connectivity index (χ2v) is 5.92. The van der Waals surface area contributed by atoms with Gasteiger partial charge >= 0.3 is 0 Å². The second kappa shape index (κ2) is 6.88. The highest BCUT2D eigenvalue weighted by atomic mass is 16.2. The van der Waals surface area contributed by atoms with Crippen molar-refractivity contribution in [1.29, 1.82) is 0 Å². The molecule has 0 bridgehead atoms. The van der Waals surface area contributed by atoms with Gasteiger partial charge in [-0.1, -0.05) is 31.2 Å². The fraction of sp³-hybridized carbons (Fsp3) is 0.444. The highest BCUT2D eigenvalue weighted by molar-refractivity contribution is 6.05. The number of carbonyl (C=O) groups is 1. The second-order valence-electron chi connectivity index (χ2n) is 5.92. The van der Waals surface area contributed by atoms with E-state index in [1.165, 1.54) is 0 Å². The SMILES string of the molecule is CCNCC1CCN(C(=O)c2nccc3ccccc23)CC1. The van der Waals surface area contributed by atoms with Crippen LogP contribution in [0.1, 0.15) is 30.3 Å². The summed E-state index contributed by atoms with van der Waals surface area (Å²) in [4.78, 5) is 19.1. The normalized spacial score (nSPS) is 16.1. The van der Waals surface area contributed by atoms with Gasteiger partial charge in [0.15, 0.2) is 0 Å². The third kappa shape index (κ3) is 3.12. The van der Waals surface area contributed by atoms with E-state index < -0.39 is 0 Å². The molecule has 22 heavy (non-hydrogen) atoms. The lowest BCUT2D eigenvalue weighted by molar-refractivity contribution is 0.0686. The average molecular weight is 297 g/mol. The van der Waals surface area contributed by atoms with Gasteiger partial charge in [0.2, 0.25) is 0 Å². The molecule has 1 aliphatic heterocycles. The molecular weight excluding hydrogens is 274 g/mol. The van der Waals surface area contributed by atoms with E-state index in [-0.39, 0.29) is 5.91 Å². The van der Waals surface area contributed by atoms with Crippen molar-refractivity contribution < 1.29 is 4.79 Å². The molecule has 1 N–H and O–H groups in total. The Morgan fingerprint density at radius 2 is 2.05 bits per heavy atom. The standard InChI is InChI=1S/C18H23N3O/c1-2-19-13-14-8-11-21(12-9-14)18(22)17-16-6-4-3-5-15(16)7-10-20-17/h3-7,10,14,19H,2,8-9,11-13H2,1H3. The average Bonchev–Trinajstić information content (AvgIpc) is 2.59. The van der Waals surface area contributed by atoms with Crippen LogP contribution in [0.4, 0.5) is 0 Å². The Morgan fingerprint density at radius 3 is 2.82 bits per heavy atom. The smallest absolute Gasteiger partial charge is 0.273 e. The Morgan fingerprint density at radius 1 is 1.27 bits per heavy atom. The molecule has 4 heteroatoms. The summed E-state index contributed by atoms with van der Waals surface area (Å²) < 4.78 is 0. The van der Waals surface area contributed by atoms with Gasteiger partial charge in [-0.25, -0.2) is 0 Å². The van der Waals surface area contributed by atoms with E-state index >= 15 is 0 Å². The van der Waals surface area contributed by atoms with Crippen molar-refractivity contribution >= 4 is 16.7 Å². The fourth-order valence-corrected chi connectivity index (χ4v) is 3.13. The number of hydrogen-bond donors (Lipinski definition) is 1. The molecule has 3 rings (SSSR count). The topological polar surface area (TPSA) is 45.2 Å². The molecular formula is C18H23N3O. The van der Waals surface area contributed by atoms with Crippen molar-refractivity contribution in [2.75, 3.05) is 26.2 Å². The Hall–Kier alpha value is -1.94. The zero-order valence-corrected chi connectivity index (χ0v) is 13.1. The minimum Gasteiger partial charge on any atom is -0.337 e. The third-order valence-electron chi connectivity index (χ3n) is 4.46. The Kier molecular flexibility index (Phi) is 4.68. The van der Waals surface area contributed by atoms with Crippen LogP contribution in [0.5, 0.6) is 0 Å². The summed E-state index contributed by atoms with van der Waals surface area (Å²) in [6.45, 7) is 5.87. The lowest BCUT2D eigenvalue weighted by atomic mass is 9.96. The van der Waals surface area contributed by atoms with Gasteiger partial charge in [0.25, 0.3) is 5.91 Å². The molecule has 0 atom stereocenters. The number of nitrogens with one attached hydrogen (secondary N) is 1. The first-order chi connectivity index (χ1) is 10.8. The summed E-state index contributed by atoms with van der Waals surface area (Å²) in [5.41, 5.74) is 0.586. The Balaban J connectivity index is 1.72. The summed E-state index contributed by atoms with van der Waals surface area (Å²) in [5.74, 6) is 0.753. The van der Waals surface area contributed by atoms with Crippen molar-refractivity contribution in [3.63, 3.8) is 0 Å². The lowest BCUT2D eigenvalue weighted by Crippen LogP contribution is -2.41. The maximum absolute atomic E-state index is 12.8. The van der Waals surface area contributed by atoms with Crippen LogP contribution in [-0.2, 0) is 0 Å². The Bertz CT molecular complexity index is 642. The maximum Gasteiger partial charge on any atom is 0.273 e. The molecule has 0 saturated carbocycles. The third-order valence-corrected chi connectivity index (χ3v) is 4.46. The van der Waals surface area contributed by atoms with Crippen molar-refractivity contribution in [3.05, 3.63) is 42.2 Å². The van der Waals surface area contributed by atoms with Crippen LogP contribution in [0.2, 0.25) is 0 Å². The van der Waals surface area contributed by atoms with E-state index in [9.17, 15) is 4.79 Å². The minimum atomic E-state index is 0.0682. The van der Waals surface area contributed by atoms with Crippen molar-refractivity contribution in [2.45, 2.75) is 19.8 Å². The molecule has 1 amide bonds. The number of aromatic nitrogens is 1. The van der Waals surface area contributed by atoms with E-state index in [0.717, 1.165) is 49.8 Å². The van der Waals surface area contributed by atoms with Gasteiger partial charge < -0.3 is 10.2 Å². The molecule has 1 saturated heterocycles. The number of fused-ring (bicyclic) bond motifs is 1. The predicted octanol–water partition coefficient (Wildman–Crippen LogP) is 2.70. The van der Waals surface area contributed by atoms with Gasteiger partial charge in [-0.3, -0.25) is 9.78 Å². The summed E-state index contributed by atoms with van der Waals surface area (Å²) in [7, 11) is 0. The number of pyridine rings is 1. The van der Waals surface area contributed by atoms with Crippen LogP contribution in [-0.4, -0.2) is 42.0 Å². The highest BCUT2D eigenvalue weighted by Gasteiger charge is 2.25. The largest absolute Gasteiger partial charge is 0.337 e. The monoisotopic (exact) mass is 297 g/mol. The molecule has 2 aromatic rings. The number of rotatable bonds is 4. The van der Waals surface area contributed by atoms with Crippen molar-refractivity contribution in [1.82, 2.24) is 15.2 Å². The Labute approximate surface area is 131 Å². The molecule has 1 fully saturated rings. The van der Waals surface area contributed by atoms with Crippen LogP contribution in [0.3, 0.4) is 0 Å². The van der Waals surface area contributed by atoms with Crippen LogP contribution < -0.4 is 5.32 Å². The quantitative estimate of drug-likeness (QED) is 0.943. The number of amides is 1. The van der Waals surface area contributed by atoms with Gasteiger partial charge in [0.05, 0.1) is 0 Å². The van der Waals surface area contributed by atoms with E-state index in [4.69, 9.17) is 0 Å². The van der Waals surface area contributed by atoms with Gasteiger partial charge in [0, 0.05) is 24.7 Å². The van der Waals surface area contributed by atoms with E-state index in [2.05, 4.69) is 17.2 Å². The zero-order valence-electron chi connectivity index (χ0n) is 13.1. The van der Waals surface area contributed by atoms with Gasteiger partial charge in [-0.05, 0) is 43.3 Å². The summed E-state index contributed by atoms with van der Waals surface area (Å²) in [6, 6.07) is 9.91. The van der Waals surface area contributed by atoms with E-state index in [1.54, 1.807) is 6.20 Å². The number of benzene rings is 1.